The van der Waals surface area contributed by atoms with Crippen LogP contribution in [-0.4, -0.2) is 23.4 Å². The van der Waals surface area contributed by atoms with Gasteiger partial charge in [0.15, 0.2) is 0 Å². The van der Waals surface area contributed by atoms with E-state index in [1.165, 1.54) is 5.56 Å². The molecule has 1 aliphatic heterocycles. The Morgan fingerprint density at radius 1 is 1.35 bits per heavy atom. The Morgan fingerprint density at radius 3 is 2.95 bits per heavy atom. The zero-order valence-corrected chi connectivity index (χ0v) is 12.4. The lowest BCUT2D eigenvalue weighted by Crippen LogP contribution is -2.24. The third kappa shape index (κ3) is 2.99. The lowest BCUT2D eigenvalue weighted by molar-refractivity contribution is -0.0326. The normalized spacial score (nSPS) is 28.1. The highest BCUT2D eigenvalue weighted by molar-refractivity contribution is 5.38. The summed E-state index contributed by atoms with van der Waals surface area (Å²) in [6.07, 6.45) is 4.99. The molecule has 110 valence electrons. The van der Waals surface area contributed by atoms with Crippen molar-refractivity contribution < 1.29 is 14.6 Å². The average molecular weight is 276 g/mol. The molecule has 20 heavy (non-hydrogen) atoms. The molecule has 3 rings (SSSR count). The van der Waals surface area contributed by atoms with E-state index in [2.05, 4.69) is 19.9 Å². The molecule has 2 aliphatic rings. The molecule has 1 N–H and O–H groups in total. The van der Waals surface area contributed by atoms with E-state index in [1.54, 1.807) is 0 Å². The molecule has 0 radical (unpaired) electrons. The van der Waals surface area contributed by atoms with Gasteiger partial charge in [0.2, 0.25) is 0 Å². The largest absolute Gasteiger partial charge is 0.491 e. The second kappa shape index (κ2) is 5.38. The van der Waals surface area contributed by atoms with E-state index in [4.69, 9.17) is 9.47 Å². The predicted molar refractivity (Wildman–Crippen MR) is 78.0 cm³/mol. The van der Waals surface area contributed by atoms with Crippen molar-refractivity contribution in [1.82, 2.24) is 0 Å². The van der Waals surface area contributed by atoms with Gasteiger partial charge in [-0.05, 0) is 69.2 Å². The van der Waals surface area contributed by atoms with Crippen LogP contribution in [0.3, 0.4) is 0 Å². The minimum atomic E-state index is -0.330. The van der Waals surface area contributed by atoms with E-state index in [-0.39, 0.29) is 17.8 Å². The average Bonchev–Trinajstić information content (AvgIpc) is 2.77. The van der Waals surface area contributed by atoms with Crippen molar-refractivity contribution in [3.8, 4) is 5.75 Å². The van der Waals surface area contributed by atoms with Crippen molar-refractivity contribution in [3.05, 3.63) is 29.3 Å². The molecule has 0 saturated carbocycles. The highest BCUT2D eigenvalue weighted by Gasteiger charge is 2.32. The van der Waals surface area contributed by atoms with E-state index in [0.717, 1.165) is 43.4 Å². The fourth-order valence-corrected chi connectivity index (χ4v) is 3.23. The number of benzene rings is 1. The maximum absolute atomic E-state index is 10.1. The van der Waals surface area contributed by atoms with Crippen LogP contribution in [-0.2, 0) is 11.2 Å². The molecule has 1 aromatic carbocycles. The summed E-state index contributed by atoms with van der Waals surface area (Å²) in [6, 6.07) is 6.10. The summed E-state index contributed by atoms with van der Waals surface area (Å²) in [4.78, 5) is 0. The number of aliphatic hydroxyl groups is 1. The van der Waals surface area contributed by atoms with Crippen molar-refractivity contribution in [2.75, 3.05) is 6.61 Å². The number of hydrogen-bond donors (Lipinski definition) is 1. The lowest BCUT2D eigenvalue weighted by Gasteiger charge is -2.23. The number of aryl methyl sites for hydroxylation is 1. The Hall–Kier alpha value is -1.06. The van der Waals surface area contributed by atoms with Gasteiger partial charge >= 0.3 is 0 Å². The number of aliphatic hydroxyl groups excluding tert-OH is 1. The summed E-state index contributed by atoms with van der Waals surface area (Å²) >= 11 is 0. The zero-order chi connectivity index (χ0) is 14.2. The Bertz CT molecular complexity index is 481. The van der Waals surface area contributed by atoms with Crippen LogP contribution in [0.2, 0.25) is 0 Å². The zero-order valence-electron chi connectivity index (χ0n) is 12.4. The van der Waals surface area contributed by atoms with Gasteiger partial charge in [-0.1, -0.05) is 6.07 Å². The second-order valence-electron chi connectivity index (χ2n) is 6.62. The summed E-state index contributed by atoms with van der Waals surface area (Å²) < 4.78 is 11.8. The van der Waals surface area contributed by atoms with Crippen LogP contribution in [0.25, 0.3) is 0 Å². The second-order valence-corrected chi connectivity index (χ2v) is 6.62. The predicted octanol–water partition coefficient (Wildman–Crippen LogP) is 3.39. The third-order valence-corrected chi connectivity index (χ3v) is 4.39. The summed E-state index contributed by atoms with van der Waals surface area (Å²) in [7, 11) is 0. The van der Waals surface area contributed by atoms with Gasteiger partial charge in [-0.3, -0.25) is 0 Å². The van der Waals surface area contributed by atoms with Crippen LogP contribution >= 0.6 is 0 Å². The minimum Gasteiger partial charge on any atom is -0.491 e. The molecule has 2 atom stereocenters. The van der Waals surface area contributed by atoms with Crippen molar-refractivity contribution in [2.45, 2.75) is 63.8 Å². The van der Waals surface area contributed by atoms with E-state index >= 15 is 0 Å². The first-order chi connectivity index (χ1) is 9.53. The number of fused-ring (bicyclic) bond motifs is 1. The molecule has 1 aliphatic carbocycles. The van der Waals surface area contributed by atoms with Crippen molar-refractivity contribution in [2.24, 2.45) is 0 Å². The molecule has 3 nitrogen and oxygen atoms in total. The van der Waals surface area contributed by atoms with E-state index in [9.17, 15) is 5.11 Å². The first-order valence-corrected chi connectivity index (χ1v) is 7.65. The molecule has 0 aromatic heterocycles. The van der Waals surface area contributed by atoms with Crippen LogP contribution in [0, 0.1) is 0 Å². The van der Waals surface area contributed by atoms with Gasteiger partial charge in [-0.2, -0.15) is 0 Å². The summed E-state index contributed by atoms with van der Waals surface area (Å²) in [5, 5.41) is 10.1. The van der Waals surface area contributed by atoms with Crippen LogP contribution in [0.4, 0.5) is 0 Å². The van der Waals surface area contributed by atoms with E-state index in [1.807, 2.05) is 12.1 Å². The van der Waals surface area contributed by atoms with Crippen LogP contribution in [0.1, 0.15) is 56.8 Å². The van der Waals surface area contributed by atoms with Crippen molar-refractivity contribution in [3.63, 3.8) is 0 Å². The standard InChI is InChI=1S/C17H24O3/c1-17(2)9-8-14(20-17)11-19-13-7-6-12-4-3-5-16(18)15(12)10-13/h6-7,10,14,16,18H,3-5,8-9,11H2,1-2H3/t14?,16-/m1/s1. The van der Waals surface area contributed by atoms with Crippen LogP contribution in [0.5, 0.6) is 5.75 Å². The quantitative estimate of drug-likeness (QED) is 0.919. The number of hydrogen-bond acceptors (Lipinski definition) is 3. The lowest BCUT2D eigenvalue weighted by atomic mass is 9.89. The molecule has 0 spiro atoms. The molecule has 1 aromatic rings. The SMILES string of the molecule is CC1(C)CCC(COc2ccc3c(c2)[C@H](O)CCC3)O1. The molecular weight excluding hydrogens is 252 g/mol. The smallest absolute Gasteiger partial charge is 0.119 e. The van der Waals surface area contributed by atoms with Gasteiger partial charge in [0.05, 0.1) is 17.8 Å². The molecule has 0 amide bonds. The minimum absolute atomic E-state index is 0.0138. The van der Waals surface area contributed by atoms with Gasteiger partial charge < -0.3 is 14.6 Å². The van der Waals surface area contributed by atoms with Gasteiger partial charge in [-0.15, -0.1) is 0 Å². The van der Waals surface area contributed by atoms with Crippen molar-refractivity contribution >= 4 is 0 Å². The summed E-state index contributed by atoms with van der Waals surface area (Å²) in [6.45, 7) is 4.85. The topological polar surface area (TPSA) is 38.7 Å². The Balaban J connectivity index is 1.62. The summed E-state index contributed by atoms with van der Waals surface area (Å²) in [5.74, 6) is 0.845. The molecule has 1 fully saturated rings. The molecule has 1 saturated heterocycles. The number of ether oxygens (including phenoxy) is 2. The molecule has 3 heteroatoms. The first-order valence-electron chi connectivity index (χ1n) is 7.65. The molecular formula is C17H24O3. The molecule has 0 bridgehead atoms. The Kier molecular flexibility index (Phi) is 3.74. The fraction of sp³-hybridized carbons (Fsp3) is 0.647. The Labute approximate surface area is 120 Å². The van der Waals surface area contributed by atoms with Gasteiger partial charge in [-0.25, -0.2) is 0 Å². The Morgan fingerprint density at radius 2 is 2.20 bits per heavy atom. The first kappa shape index (κ1) is 13.9. The van der Waals surface area contributed by atoms with Crippen molar-refractivity contribution in [1.29, 1.82) is 0 Å². The summed E-state index contributed by atoms with van der Waals surface area (Å²) in [5.41, 5.74) is 2.29. The van der Waals surface area contributed by atoms with E-state index < -0.39 is 0 Å². The van der Waals surface area contributed by atoms with Crippen LogP contribution < -0.4 is 4.74 Å². The third-order valence-electron chi connectivity index (χ3n) is 4.39. The maximum atomic E-state index is 10.1. The van der Waals surface area contributed by atoms with Gasteiger partial charge in [0, 0.05) is 0 Å². The fourth-order valence-electron chi connectivity index (χ4n) is 3.23. The van der Waals surface area contributed by atoms with Gasteiger partial charge in [0.25, 0.3) is 0 Å². The maximum Gasteiger partial charge on any atom is 0.119 e. The van der Waals surface area contributed by atoms with Gasteiger partial charge in [0.1, 0.15) is 12.4 Å². The molecule has 1 heterocycles. The molecule has 1 unspecified atom stereocenters. The highest BCUT2D eigenvalue weighted by Crippen LogP contribution is 2.33. The highest BCUT2D eigenvalue weighted by atomic mass is 16.6. The van der Waals surface area contributed by atoms with Crippen LogP contribution in [0.15, 0.2) is 18.2 Å². The number of rotatable bonds is 3. The van der Waals surface area contributed by atoms with E-state index in [0.29, 0.717) is 6.61 Å². The monoisotopic (exact) mass is 276 g/mol.